The van der Waals surface area contributed by atoms with Crippen LogP contribution in [-0.4, -0.2) is 13.0 Å². The molecule has 0 rings (SSSR count). The number of hydrogen-bond donors (Lipinski definition) is 1. The predicted molar refractivity (Wildman–Crippen MR) is 42.4 cm³/mol. The topological polar surface area (TPSA) is 63.6 Å². The van der Waals surface area contributed by atoms with E-state index in [9.17, 15) is 8.42 Å². The van der Waals surface area contributed by atoms with Crippen LogP contribution >= 0.6 is 18.8 Å². The van der Waals surface area contributed by atoms with E-state index in [-0.39, 0.29) is 5.76 Å². The third kappa shape index (κ3) is 17.0. The molecule has 0 aromatic carbocycles. The Morgan fingerprint density at radius 3 is 2.00 bits per heavy atom. The summed E-state index contributed by atoms with van der Waals surface area (Å²) in [4.78, 5) is 0. The monoisotopic (exact) mass is 416 g/mol. The first-order chi connectivity index (χ1) is 5.37. The molecule has 0 saturated carbocycles. The van der Waals surface area contributed by atoms with Crippen LogP contribution < -0.4 is 0 Å². The molecule has 0 radical (unpaired) electrons. The van der Waals surface area contributed by atoms with Gasteiger partial charge in [0.05, 0.1) is 0 Å². The molecule has 8 heteroatoms. The first-order valence-corrected chi connectivity index (χ1v) is 9.37. The van der Waals surface area contributed by atoms with Crippen LogP contribution in [0, 0.1) is 6.08 Å². The molecule has 0 atom stereocenters. The van der Waals surface area contributed by atoms with Crippen LogP contribution in [0.3, 0.4) is 0 Å². The Hall–Kier alpha value is 0.718. The van der Waals surface area contributed by atoms with E-state index in [1.807, 2.05) is 0 Å². The number of halogens is 2. The van der Waals surface area contributed by atoms with Crippen molar-refractivity contribution in [3.63, 3.8) is 0 Å². The van der Waals surface area contributed by atoms with Crippen LogP contribution in [0.4, 0.5) is 0 Å². The van der Waals surface area contributed by atoms with Gasteiger partial charge in [0.25, 0.3) is 0 Å². The van der Waals surface area contributed by atoms with E-state index in [1.165, 1.54) is 13.8 Å². The molecule has 12 heavy (non-hydrogen) atoms. The predicted octanol–water partition coefficient (Wildman–Crippen LogP) is 1.91. The minimum atomic E-state index is -4.33. The Morgan fingerprint density at radius 2 is 1.92 bits per heavy atom. The van der Waals surface area contributed by atoms with Crippen LogP contribution in [-0.2, 0) is 31.1 Å². The Bertz CT molecular complexity index is 225. The van der Waals surface area contributed by atoms with Gasteiger partial charge in [-0.05, 0) is 6.92 Å². The fourth-order valence-electron chi connectivity index (χ4n) is 0.200. The van der Waals surface area contributed by atoms with Gasteiger partial charge in [-0.15, -0.1) is 0 Å². The normalized spacial score (nSPS) is 11.9. The Kier molecular flexibility index (Phi) is 10.5. The van der Waals surface area contributed by atoms with E-state index in [2.05, 4.69) is 10.3 Å². The quantitative estimate of drug-likeness (QED) is 0.424. The van der Waals surface area contributed by atoms with Crippen LogP contribution in [0.5, 0.6) is 0 Å². The molecule has 0 amide bonds. The van der Waals surface area contributed by atoms with E-state index in [0.29, 0.717) is 0 Å². The molecular weight excluding hydrogens is 410 g/mol. The van der Waals surface area contributed by atoms with Gasteiger partial charge in [0.2, 0.25) is 0 Å². The van der Waals surface area contributed by atoms with Gasteiger partial charge in [0.15, 0.2) is 0 Å². The molecule has 0 fully saturated rings. The molecule has 78 valence electrons. The molecule has 1 N–H and O–H groups in total. The number of rotatable bonds is 2. The zero-order valence-electron chi connectivity index (χ0n) is 6.15. The summed E-state index contributed by atoms with van der Waals surface area (Å²) in [6.07, 6.45) is 2.38. The summed E-state index contributed by atoms with van der Waals surface area (Å²) in [7, 11) is 5.42. The second kappa shape index (κ2) is 8.32. The van der Waals surface area contributed by atoms with Crippen molar-refractivity contribution in [2.75, 3.05) is 0 Å². The molecule has 0 aliphatic heterocycles. The maximum atomic E-state index is 9.87. The summed E-state index contributed by atoms with van der Waals surface area (Å²) in [5.41, 5.74) is 0. The van der Waals surface area contributed by atoms with Crippen LogP contribution in [0.25, 0.3) is 0 Å². The average molecular weight is 417 g/mol. The van der Waals surface area contributed by atoms with Gasteiger partial charge in [-0.1, -0.05) is 5.76 Å². The van der Waals surface area contributed by atoms with Crippen molar-refractivity contribution in [2.24, 2.45) is 0 Å². The Labute approximate surface area is 88.2 Å². The third-order valence-electron chi connectivity index (χ3n) is 0.582. The fraction of sp³-hybridized carbons (Fsp3) is 0.500. The van der Waals surface area contributed by atoms with E-state index >= 15 is 0 Å². The molecule has 0 aliphatic carbocycles. The van der Waals surface area contributed by atoms with Crippen molar-refractivity contribution in [1.29, 1.82) is 0 Å². The van der Waals surface area contributed by atoms with E-state index in [1.54, 1.807) is 0 Å². The van der Waals surface area contributed by atoms with E-state index in [0.717, 1.165) is 0 Å². The van der Waals surface area contributed by atoms with Crippen molar-refractivity contribution < 1.29 is 33.6 Å². The van der Waals surface area contributed by atoms with Crippen molar-refractivity contribution in [1.82, 2.24) is 0 Å². The third-order valence-corrected chi connectivity index (χ3v) is 1.04. The summed E-state index contributed by atoms with van der Waals surface area (Å²) in [5.74, 6) is 0.0255. The minimum absolute atomic E-state index is 0.0255. The zero-order valence-corrected chi connectivity index (χ0v) is 10.8. The molecule has 4 nitrogen and oxygen atoms in total. The maximum absolute atomic E-state index is 9.87. The summed E-state index contributed by atoms with van der Waals surface area (Å²) < 4.78 is 31.7. The van der Waals surface area contributed by atoms with Crippen LogP contribution in [0.15, 0.2) is 5.76 Å². The van der Waals surface area contributed by atoms with Crippen LogP contribution in [0.1, 0.15) is 13.8 Å². The summed E-state index contributed by atoms with van der Waals surface area (Å²) in [6, 6.07) is 0. The van der Waals surface area contributed by atoms with Gasteiger partial charge < -0.3 is 10.3 Å². The second-order valence-corrected chi connectivity index (χ2v) is 5.67. The molecule has 0 heterocycles. The summed E-state index contributed by atoms with van der Waals surface area (Å²) in [6.45, 7) is 2.84. The average Bonchev–Trinajstić information content (AvgIpc) is 1.86. The van der Waals surface area contributed by atoms with Gasteiger partial charge in [-0.25, -0.2) is 0 Å². The number of allylic oxidation sites excluding steroid dienone is 2. The van der Waals surface area contributed by atoms with E-state index in [4.69, 9.17) is 23.4 Å². The van der Waals surface area contributed by atoms with Crippen molar-refractivity contribution in [3.8, 4) is 0 Å². The standard InChI is InChI=1S/C4H7O4S.2ClH.Pt/c1-3-4(2)8-9(5,6)7;;;/h1-2H3,(H,5,6,7);2*1H;/q-1;;;+2/p-2. The van der Waals surface area contributed by atoms with Crippen molar-refractivity contribution in [2.45, 2.75) is 13.8 Å². The van der Waals surface area contributed by atoms with Crippen LogP contribution in [0.2, 0.25) is 0 Å². The first kappa shape index (κ1) is 15.2. The van der Waals surface area contributed by atoms with Gasteiger partial charge in [-0.2, -0.15) is 15.3 Å². The number of hydrogen-bond acceptors (Lipinski definition) is 3. The van der Waals surface area contributed by atoms with E-state index < -0.39 is 26.9 Å². The summed E-state index contributed by atoms with van der Waals surface area (Å²) >= 11 is -0.472. The Balaban J connectivity index is 0. The van der Waals surface area contributed by atoms with Crippen molar-refractivity contribution in [3.05, 3.63) is 11.8 Å². The Morgan fingerprint density at radius 1 is 1.58 bits per heavy atom. The van der Waals surface area contributed by atoms with Gasteiger partial charge in [0, 0.05) is 0 Å². The molecule has 0 aromatic heterocycles. The molecule has 0 saturated heterocycles. The zero-order chi connectivity index (χ0) is 10.2. The molecular formula is C4H7Cl2O4PtS-. The van der Waals surface area contributed by atoms with Gasteiger partial charge >= 0.3 is 45.7 Å². The van der Waals surface area contributed by atoms with Gasteiger partial charge in [0.1, 0.15) is 0 Å². The van der Waals surface area contributed by atoms with Gasteiger partial charge in [-0.3, -0.25) is 4.55 Å². The fourth-order valence-corrected chi connectivity index (χ4v) is 0.599. The molecule has 0 bridgehead atoms. The van der Waals surface area contributed by atoms with Crippen molar-refractivity contribution >= 4 is 29.2 Å². The second-order valence-electron chi connectivity index (χ2n) is 1.36. The molecule has 0 spiro atoms. The molecule has 0 aromatic rings. The molecule has 0 unspecified atom stereocenters. The SMILES string of the molecule is C[C-]=C(C)OS(=O)(=O)O.[Cl][Pt][Cl]. The summed E-state index contributed by atoms with van der Waals surface area (Å²) in [5, 5.41) is 0. The first-order valence-electron chi connectivity index (χ1n) is 2.38. The molecule has 0 aliphatic rings.